The van der Waals surface area contributed by atoms with Crippen LogP contribution in [0.4, 0.5) is 11.4 Å². The Morgan fingerprint density at radius 1 is 1.03 bits per heavy atom. The van der Waals surface area contributed by atoms with Gasteiger partial charge < -0.3 is 14.6 Å². The van der Waals surface area contributed by atoms with Gasteiger partial charge in [-0.05, 0) is 30.3 Å². The number of benzene rings is 3. The number of aromatic nitrogens is 1. The number of nitrogens with one attached hydrogen (secondary N) is 1. The Kier molecular flexibility index (Phi) is 5.39. The number of esters is 1. The highest BCUT2D eigenvalue weighted by molar-refractivity contribution is 6.00. The summed E-state index contributed by atoms with van der Waals surface area (Å²) in [5.41, 5.74) is 1.91. The monoisotopic (exact) mass is 417 g/mol. The molecule has 1 N–H and O–H groups in total. The van der Waals surface area contributed by atoms with E-state index in [-0.39, 0.29) is 11.3 Å². The third-order valence-electron chi connectivity index (χ3n) is 4.44. The Labute approximate surface area is 175 Å². The molecule has 9 nitrogen and oxygen atoms in total. The van der Waals surface area contributed by atoms with Crippen molar-refractivity contribution in [1.29, 1.82) is 0 Å². The number of hydrogen-bond acceptors (Lipinski definition) is 7. The Bertz CT molecular complexity index is 1270. The van der Waals surface area contributed by atoms with Crippen molar-refractivity contribution in [3.05, 3.63) is 88.5 Å². The fourth-order valence-corrected chi connectivity index (χ4v) is 2.94. The van der Waals surface area contributed by atoms with E-state index in [2.05, 4.69) is 10.5 Å². The minimum Gasteiger partial charge on any atom is -0.452 e. The maximum Gasteiger partial charge on any atom is 0.338 e. The van der Waals surface area contributed by atoms with Crippen molar-refractivity contribution in [3.63, 3.8) is 0 Å². The van der Waals surface area contributed by atoms with Gasteiger partial charge in [-0.25, -0.2) is 4.79 Å². The predicted molar refractivity (Wildman–Crippen MR) is 111 cm³/mol. The minimum atomic E-state index is -0.680. The second kappa shape index (κ2) is 8.46. The maximum atomic E-state index is 12.4. The molecule has 0 spiro atoms. The molecule has 0 fully saturated rings. The van der Waals surface area contributed by atoms with Gasteiger partial charge in [0.25, 0.3) is 11.6 Å². The first-order valence-corrected chi connectivity index (χ1v) is 9.17. The van der Waals surface area contributed by atoms with Gasteiger partial charge in [0.05, 0.1) is 15.9 Å². The number of rotatable bonds is 6. The third kappa shape index (κ3) is 4.40. The third-order valence-corrected chi connectivity index (χ3v) is 4.44. The maximum absolute atomic E-state index is 12.4. The molecule has 1 heterocycles. The fourth-order valence-electron chi connectivity index (χ4n) is 2.94. The number of carbonyl (C=O) groups excluding carboxylic acids is 2. The molecule has 0 radical (unpaired) electrons. The molecule has 4 rings (SSSR count). The van der Waals surface area contributed by atoms with E-state index in [4.69, 9.17) is 9.26 Å². The second-order valence-electron chi connectivity index (χ2n) is 6.54. The van der Waals surface area contributed by atoms with E-state index in [1.807, 2.05) is 30.3 Å². The van der Waals surface area contributed by atoms with Crippen LogP contribution in [-0.4, -0.2) is 28.6 Å². The van der Waals surface area contributed by atoms with Gasteiger partial charge in [-0.15, -0.1) is 0 Å². The lowest BCUT2D eigenvalue weighted by Crippen LogP contribution is -2.20. The highest BCUT2D eigenvalue weighted by Gasteiger charge is 2.16. The normalized spacial score (nSPS) is 10.6. The SMILES string of the molecule is O=C(COC(=O)c1ccc2noc(-c3ccccc3)c2c1)Nc1ccc([N+](=O)[O-])cc1. The van der Waals surface area contributed by atoms with E-state index < -0.39 is 23.4 Å². The first-order valence-electron chi connectivity index (χ1n) is 9.17. The lowest BCUT2D eigenvalue weighted by molar-refractivity contribution is -0.384. The van der Waals surface area contributed by atoms with Gasteiger partial charge in [-0.3, -0.25) is 14.9 Å². The van der Waals surface area contributed by atoms with Crippen LogP contribution in [0, 0.1) is 10.1 Å². The number of fused-ring (bicyclic) bond motifs is 1. The van der Waals surface area contributed by atoms with E-state index in [1.54, 1.807) is 12.1 Å². The Hall–Kier alpha value is -4.53. The summed E-state index contributed by atoms with van der Waals surface area (Å²) in [5.74, 6) is -0.722. The molecular formula is C22H15N3O6. The van der Waals surface area contributed by atoms with Crippen LogP contribution >= 0.6 is 0 Å². The molecule has 31 heavy (non-hydrogen) atoms. The number of nitro benzene ring substituents is 1. The standard InChI is InChI=1S/C22H15N3O6/c26-20(23-16-7-9-17(10-8-16)25(28)29)13-30-22(27)15-6-11-19-18(12-15)21(31-24-19)14-4-2-1-3-5-14/h1-12H,13H2,(H,23,26). The number of nitrogens with zero attached hydrogens (tertiary/aromatic N) is 2. The summed E-state index contributed by atoms with van der Waals surface area (Å²) in [7, 11) is 0. The van der Waals surface area contributed by atoms with Crippen LogP contribution in [0.25, 0.3) is 22.2 Å². The largest absolute Gasteiger partial charge is 0.452 e. The number of ether oxygens (including phenoxy) is 1. The van der Waals surface area contributed by atoms with Crippen molar-refractivity contribution in [2.75, 3.05) is 11.9 Å². The molecule has 0 unspecified atom stereocenters. The number of non-ortho nitro benzene ring substituents is 1. The molecule has 0 bridgehead atoms. The summed E-state index contributed by atoms with van der Waals surface area (Å²) < 4.78 is 10.5. The summed E-state index contributed by atoms with van der Waals surface area (Å²) in [6, 6.07) is 19.4. The lowest BCUT2D eigenvalue weighted by Gasteiger charge is -2.07. The van der Waals surface area contributed by atoms with Crippen LogP contribution in [0.5, 0.6) is 0 Å². The molecule has 3 aromatic carbocycles. The van der Waals surface area contributed by atoms with Gasteiger partial charge in [0.1, 0.15) is 5.52 Å². The van der Waals surface area contributed by atoms with Crippen LogP contribution in [0.3, 0.4) is 0 Å². The Morgan fingerprint density at radius 2 is 1.77 bits per heavy atom. The summed E-state index contributed by atoms with van der Waals surface area (Å²) in [6.45, 7) is -0.511. The van der Waals surface area contributed by atoms with Crippen molar-refractivity contribution in [2.24, 2.45) is 0 Å². The molecule has 154 valence electrons. The molecule has 0 aliphatic heterocycles. The molecule has 0 saturated carbocycles. The Morgan fingerprint density at radius 3 is 2.48 bits per heavy atom. The molecule has 9 heteroatoms. The van der Waals surface area contributed by atoms with Gasteiger partial charge in [-0.2, -0.15) is 0 Å². The van der Waals surface area contributed by atoms with Crippen molar-refractivity contribution in [3.8, 4) is 11.3 Å². The number of anilines is 1. The predicted octanol–water partition coefficient (Wildman–Crippen LogP) is 4.20. The molecule has 4 aromatic rings. The number of nitro groups is 1. The van der Waals surface area contributed by atoms with Crippen molar-refractivity contribution >= 4 is 34.2 Å². The van der Waals surface area contributed by atoms with Gasteiger partial charge >= 0.3 is 5.97 Å². The fraction of sp³-hybridized carbons (Fsp3) is 0.0455. The molecule has 1 aromatic heterocycles. The highest BCUT2D eigenvalue weighted by Crippen LogP contribution is 2.29. The first-order chi connectivity index (χ1) is 15.0. The van der Waals surface area contributed by atoms with Gasteiger partial charge in [-0.1, -0.05) is 35.5 Å². The molecule has 0 aliphatic rings. The summed E-state index contributed by atoms with van der Waals surface area (Å²) in [6.07, 6.45) is 0. The lowest BCUT2D eigenvalue weighted by atomic mass is 10.1. The Balaban J connectivity index is 1.42. The minimum absolute atomic E-state index is 0.0940. The first kappa shape index (κ1) is 19.8. The molecule has 0 aliphatic carbocycles. The summed E-state index contributed by atoms with van der Waals surface area (Å²) in [5, 5.41) is 17.8. The van der Waals surface area contributed by atoms with Crippen LogP contribution in [0.2, 0.25) is 0 Å². The van der Waals surface area contributed by atoms with Crippen molar-refractivity contribution in [2.45, 2.75) is 0 Å². The van der Waals surface area contributed by atoms with Crippen LogP contribution in [0.15, 0.2) is 77.3 Å². The quantitative estimate of drug-likeness (QED) is 0.283. The number of carbonyl (C=O) groups is 2. The summed E-state index contributed by atoms with van der Waals surface area (Å²) >= 11 is 0. The molecule has 1 amide bonds. The zero-order chi connectivity index (χ0) is 21.8. The average molecular weight is 417 g/mol. The van der Waals surface area contributed by atoms with Gasteiger partial charge in [0.15, 0.2) is 12.4 Å². The number of hydrogen-bond donors (Lipinski definition) is 1. The second-order valence-corrected chi connectivity index (χ2v) is 6.54. The smallest absolute Gasteiger partial charge is 0.338 e. The van der Waals surface area contributed by atoms with Crippen molar-refractivity contribution < 1.29 is 23.8 Å². The van der Waals surface area contributed by atoms with Gasteiger partial charge in [0, 0.05) is 23.4 Å². The molecular weight excluding hydrogens is 402 g/mol. The van der Waals surface area contributed by atoms with Crippen LogP contribution < -0.4 is 5.32 Å². The molecule has 0 saturated heterocycles. The van der Waals surface area contributed by atoms with E-state index in [1.165, 1.54) is 30.3 Å². The zero-order valence-electron chi connectivity index (χ0n) is 16.0. The van der Waals surface area contributed by atoms with Gasteiger partial charge in [0.2, 0.25) is 0 Å². The molecule has 0 atom stereocenters. The van der Waals surface area contributed by atoms with E-state index >= 15 is 0 Å². The van der Waals surface area contributed by atoms with E-state index in [0.717, 1.165) is 5.56 Å². The average Bonchev–Trinajstić information content (AvgIpc) is 3.21. The zero-order valence-corrected chi connectivity index (χ0v) is 16.0. The summed E-state index contributed by atoms with van der Waals surface area (Å²) in [4.78, 5) is 34.6. The highest BCUT2D eigenvalue weighted by atomic mass is 16.6. The number of amides is 1. The topological polar surface area (TPSA) is 125 Å². The van der Waals surface area contributed by atoms with Crippen molar-refractivity contribution in [1.82, 2.24) is 5.16 Å². The van der Waals surface area contributed by atoms with E-state index in [9.17, 15) is 19.7 Å². The van der Waals surface area contributed by atoms with Crippen LogP contribution in [-0.2, 0) is 9.53 Å². The van der Waals surface area contributed by atoms with Crippen LogP contribution in [0.1, 0.15) is 10.4 Å². The van der Waals surface area contributed by atoms with E-state index in [0.29, 0.717) is 22.4 Å².